The van der Waals surface area contributed by atoms with Crippen LogP contribution in [0.4, 0.5) is 4.39 Å². The van der Waals surface area contributed by atoms with Crippen LogP contribution in [0.1, 0.15) is 37.2 Å². The van der Waals surface area contributed by atoms with Crippen molar-refractivity contribution in [3.05, 3.63) is 29.8 Å². The summed E-state index contributed by atoms with van der Waals surface area (Å²) < 4.78 is 12.7. The van der Waals surface area contributed by atoms with Crippen molar-refractivity contribution in [3.8, 4) is 0 Å². The summed E-state index contributed by atoms with van der Waals surface area (Å²) >= 11 is 0. The Balaban J connectivity index is 1.80. The van der Waals surface area contributed by atoms with Crippen LogP contribution in [0.2, 0.25) is 0 Å². The first kappa shape index (κ1) is 14.1. The third-order valence-electron chi connectivity index (χ3n) is 3.92. The van der Waals surface area contributed by atoms with E-state index in [1.54, 1.807) is 0 Å². The van der Waals surface area contributed by atoms with Crippen LogP contribution in [0.5, 0.6) is 0 Å². The fraction of sp³-hybridized carbons (Fsp3) is 0.600. The summed E-state index contributed by atoms with van der Waals surface area (Å²) in [6.07, 6.45) is 2.78. The van der Waals surface area contributed by atoms with Crippen LogP contribution in [-0.4, -0.2) is 35.3 Å². The maximum Gasteiger partial charge on any atom is 0.182 e. The SMILES string of the molecule is CC(C)C1CCN(CCC(=O)c2ccc(F)cn2)C1. The molecule has 0 amide bonds. The highest BCUT2D eigenvalue weighted by atomic mass is 19.1. The molecule has 0 aromatic carbocycles. The molecule has 0 radical (unpaired) electrons. The van der Waals surface area contributed by atoms with Gasteiger partial charge in [0.25, 0.3) is 0 Å². The van der Waals surface area contributed by atoms with Crippen LogP contribution in [0.3, 0.4) is 0 Å². The molecule has 3 nitrogen and oxygen atoms in total. The second-order valence-electron chi connectivity index (χ2n) is 5.63. The highest BCUT2D eigenvalue weighted by Gasteiger charge is 2.24. The minimum absolute atomic E-state index is 0.00648. The molecular weight excluding hydrogens is 243 g/mol. The molecular formula is C15H21FN2O. The molecule has 0 aliphatic carbocycles. The first-order valence-electron chi connectivity index (χ1n) is 6.93. The number of rotatable bonds is 5. The highest BCUT2D eigenvalue weighted by Crippen LogP contribution is 2.23. The lowest BCUT2D eigenvalue weighted by molar-refractivity contribution is 0.0963. The Morgan fingerprint density at radius 2 is 2.32 bits per heavy atom. The molecule has 1 saturated heterocycles. The lowest BCUT2D eigenvalue weighted by Crippen LogP contribution is -2.25. The van der Waals surface area contributed by atoms with E-state index in [0.717, 1.165) is 31.7 Å². The molecule has 2 heterocycles. The van der Waals surface area contributed by atoms with Crippen LogP contribution in [0.15, 0.2) is 18.3 Å². The predicted molar refractivity (Wildman–Crippen MR) is 72.5 cm³/mol. The second kappa shape index (κ2) is 6.24. The largest absolute Gasteiger partial charge is 0.303 e. The quantitative estimate of drug-likeness (QED) is 0.767. The molecule has 1 fully saturated rings. The first-order valence-corrected chi connectivity index (χ1v) is 6.93. The Labute approximate surface area is 113 Å². The van der Waals surface area contributed by atoms with E-state index in [1.165, 1.54) is 18.6 Å². The first-order chi connectivity index (χ1) is 9.06. The van der Waals surface area contributed by atoms with Gasteiger partial charge in [-0.2, -0.15) is 0 Å². The number of likely N-dealkylation sites (tertiary alicyclic amines) is 1. The Morgan fingerprint density at radius 1 is 1.53 bits per heavy atom. The molecule has 0 N–H and O–H groups in total. The van der Waals surface area contributed by atoms with Crippen LogP contribution in [0.25, 0.3) is 0 Å². The molecule has 1 aromatic heterocycles. The molecule has 1 aliphatic heterocycles. The van der Waals surface area contributed by atoms with Gasteiger partial charge in [-0.1, -0.05) is 13.8 Å². The third kappa shape index (κ3) is 3.83. The molecule has 1 atom stereocenters. The van der Waals surface area contributed by atoms with Crippen LogP contribution in [-0.2, 0) is 0 Å². The lowest BCUT2D eigenvalue weighted by Gasteiger charge is -2.17. The Morgan fingerprint density at radius 3 is 2.89 bits per heavy atom. The smallest absolute Gasteiger partial charge is 0.182 e. The van der Waals surface area contributed by atoms with E-state index in [1.807, 2.05) is 0 Å². The zero-order valence-corrected chi connectivity index (χ0v) is 11.6. The number of carbonyl (C=O) groups excluding carboxylic acids is 1. The van der Waals surface area contributed by atoms with Crippen molar-refractivity contribution in [3.63, 3.8) is 0 Å². The number of carbonyl (C=O) groups is 1. The van der Waals surface area contributed by atoms with Gasteiger partial charge < -0.3 is 4.90 Å². The number of Topliss-reactive ketones (excluding diaryl/α,β-unsaturated/α-hetero) is 1. The molecule has 4 heteroatoms. The van der Waals surface area contributed by atoms with E-state index in [-0.39, 0.29) is 5.78 Å². The van der Waals surface area contributed by atoms with Gasteiger partial charge in [0.1, 0.15) is 11.5 Å². The Bertz CT molecular complexity index is 430. The van der Waals surface area contributed by atoms with Gasteiger partial charge in [0.15, 0.2) is 5.78 Å². The maximum absolute atomic E-state index is 12.7. The molecule has 1 aromatic rings. The van der Waals surface area contributed by atoms with E-state index >= 15 is 0 Å². The normalized spacial score (nSPS) is 20.1. The summed E-state index contributed by atoms with van der Waals surface area (Å²) in [7, 11) is 0. The monoisotopic (exact) mass is 264 g/mol. The van der Waals surface area contributed by atoms with Gasteiger partial charge in [-0.25, -0.2) is 4.39 Å². The average molecular weight is 264 g/mol. The van der Waals surface area contributed by atoms with Crippen molar-refractivity contribution in [2.75, 3.05) is 19.6 Å². The van der Waals surface area contributed by atoms with Crippen LogP contribution >= 0.6 is 0 Å². The number of nitrogens with zero attached hydrogens (tertiary/aromatic N) is 2. The fourth-order valence-corrected chi connectivity index (χ4v) is 2.54. The predicted octanol–water partition coefficient (Wildman–Crippen LogP) is 2.77. The zero-order valence-electron chi connectivity index (χ0n) is 11.6. The molecule has 0 spiro atoms. The molecule has 0 saturated carbocycles. The van der Waals surface area contributed by atoms with E-state index in [0.29, 0.717) is 18.0 Å². The second-order valence-corrected chi connectivity index (χ2v) is 5.63. The van der Waals surface area contributed by atoms with Gasteiger partial charge in [0.2, 0.25) is 0 Å². The van der Waals surface area contributed by atoms with Gasteiger partial charge in [-0.05, 0) is 36.9 Å². The summed E-state index contributed by atoms with van der Waals surface area (Å²) in [6.45, 7) is 7.44. The van der Waals surface area contributed by atoms with Crippen LogP contribution < -0.4 is 0 Å². The van der Waals surface area contributed by atoms with Crippen molar-refractivity contribution in [2.24, 2.45) is 11.8 Å². The summed E-state index contributed by atoms with van der Waals surface area (Å²) in [5, 5.41) is 0. The van der Waals surface area contributed by atoms with Crippen molar-refractivity contribution in [2.45, 2.75) is 26.7 Å². The molecule has 19 heavy (non-hydrogen) atoms. The number of pyridine rings is 1. The fourth-order valence-electron chi connectivity index (χ4n) is 2.54. The Hall–Kier alpha value is -1.29. The van der Waals surface area contributed by atoms with Crippen LogP contribution in [0, 0.1) is 17.7 Å². The molecule has 104 valence electrons. The summed E-state index contributed by atoms with van der Waals surface area (Å²) in [4.78, 5) is 18.1. The number of aromatic nitrogens is 1. The number of ketones is 1. The molecule has 1 unspecified atom stereocenters. The number of hydrogen-bond acceptors (Lipinski definition) is 3. The van der Waals surface area contributed by atoms with Crippen molar-refractivity contribution >= 4 is 5.78 Å². The van der Waals surface area contributed by atoms with E-state index < -0.39 is 5.82 Å². The molecule has 0 bridgehead atoms. The third-order valence-corrected chi connectivity index (χ3v) is 3.92. The summed E-state index contributed by atoms with van der Waals surface area (Å²) in [6, 6.07) is 2.74. The topological polar surface area (TPSA) is 33.2 Å². The highest BCUT2D eigenvalue weighted by molar-refractivity contribution is 5.94. The lowest BCUT2D eigenvalue weighted by atomic mass is 9.95. The average Bonchev–Trinajstić information content (AvgIpc) is 2.86. The van der Waals surface area contributed by atoms with Gasteiger partial charge in [0.05, 0.1) is 6.20 Å². The Kier molecular flexibility index (Phi) is 4.64. The standard InChI is InChI=1S/C15H21FN2O/c1-11(2)12-5-7-18(10-12)8-6-15(19)14-4-3-13(16)9-17-14/h3-4,9,11-12H,5-8,10H2,1-2H3. The van der Waals surface area contributed by atoms with Gasteiger partial charge >= 0.3 is 0 Å². The van der Waals surface area contributed by atoms with E-state index in [4.69, 9.17) is 0 Å². The van der Waals surface area contributed by atoms with Gasteiger partial charge in [0, 0.05) is 19.5 Å². The summed E-state index contributed by atoms with van der Waals surface area (Å²) in [5.74, 6) is 1.04. The molecule has 1 aliphatic rings. The number of halogens is 1. The number of hydrogen-bond donors (Lipinski definition) is 0. The van der Waals surface area contributed by atoms with E-state index in [2.05, 4.69) is 23.7 Å². The van der Waals surface area contributed by atoms with E-state index in [9.17, 15) is 9.18 Å². The van der Waals surface area contributed by atoms with Crippen molar-refractivity contribution in [1.82, 2.24) is 9.88 Å². The zero-order chi connectivity index (χ0) is 13.8. The summed E-state index contributed by atoms with van der Waals surface area (Å²) in [5.41, 5.74) is 0.362. The minimum Gasteiger partial charge on any atom is -0.303 e. The minimum atomic E-state index is -0.407. The van der Waals surface area contributed by atoms with Gasteiger partial charge in [-0.3, -0.25) is 9.78 Å². The van der Waals surface area contributed by atoms with Crippen molar-refractivity contribution < 1.29 is 9.18 Å². The van der Waals surface area contributed by atoms with Gasteiger partial charge in [-0.15, -0.1) is 0 Å². The van der Waals surface area contributed by atoms with Crippen molar-refractivity contribution in [1.29, 1.82) is 0 Å². The molecule has 2 rings (SSSR count). The maximum atomic E-state index is 12.7.